The number of hydrogen-bond acceptors (Lipinski definition) is 3. The Morgan fingerprint density at radius 1 is 1.43 bits per heavy atom. The summed E-state index contributed by atoms with van der Waals surface area (Å²) < 4.78 is 38.7. The number of aromatic nitrogens is 1. The summed E-state index contributed by atoms with van der Waals surface area (Å²) in [6.45, 7) is 2.50. The zero-order valence-electron chi connectivity index (χ0n) is 10.8. The minimum Gasteiger partial charge on any atom is -0.306 e. The fraction of sp³-hybridized carbons (Fsp3) is 0.308. The predicted octanol–water partition coefficient (Wildman–Crippen LogP) is 5.28. The number of rotatable bonds is 4. The van der Waals surface area contributed by atoms with Gasteiger partial charge in [0.2, 0.25) is 0 Å². The Morgan fingerprint density at radius 3 is 2.67 bits per heavy atom. The predicted molar refractivity (Wildman–Crippen MR) is 81.8 cm³/mol. The highest BCUT2D eigenvalue weighted by atomic mass is 79.9. The maximum absolute atomic E-state index is 12.7. The Kier molecular flexibility index (Phi) is 5.29. The average Bonchev–Trinajstić information content (AvgIpc) is 2.89. The fourth-order valence-corrected chi connectivity index (χ4v) is 3.15. The summed E-state index contributed by atoms with van der Waals surface area (Å²) in [5, 5.41) is 2.82. The molecule has 0 aliphatic heterocycles. The Morgan fingerprint density at radius 2 is 2.14 bits per heavy atom. The van der Waals surface area contributed by atoms with E-state index in [0.29, 0.717) is 27.8 Å². The largest absolute Gasteiger partial charge is 0.443 e. The molecular formula is C13H11BrClF3N2S. The van der Waals surface area contributed by atoms with Gasteiger partial charge in [-0.2, -0.15) is 13.2 Å². The summed E-state index contributed by atoms with van der Waals surface area (Å²) in [7, 11) is 0. The lowest BCUT2D eigenvalue weighted by Crippen LogP contribution is -2.21. The standard InChI is InChI=1S/C13H11BrClF3N2S/c1-2-19-11(7-3-4-8(14)9(15)5-7)10-6-20-12(21-10)13(16,17)18/h3-6,11,19H,2H2,1H3. The molecule has 0 aliphatic rings. The van der Waals surface area contributed by atoms with Crippen molar-refractivity contribution in [3.05, 3.63) is 49.3 Å². The number of alkyl halides is 3. The summed E-state index contributed by atoms with van der Waals surface area (Å²) in [4.78, 5) is 3.97. The highest BCUT2D eigenvalue weighted by Crippen LogP contribution is 2.37. The summed E-state index contributed by atoms with van der Waals surface area (Å²) in [5.74, 6) is 0. The molecule has 0 amide bonds. The van der Waals surface area contributed by atoms with Gasteiger partial charge in [0, 0.05) is 15.5 Å². The van der Waals surface area contributed by atoms with Crippen molar-refractivity contribution in [2.24, 2.45) is 0 Å². The van der Waals surface area contributed by atoms with E-state index in [0.717, 1.165) is 10.0 Å². The van der Waals surface area contributed by atoms with Gasteiger partial charge in [0.05, 0.1) is 11.1 Å². The van der Waals surface area contributed by atoms with Crippen molar-refractivity contribution in [3.8, 4) is 0 Å². The second-order valence-corrected chi connectivity index (χ2v) is 6.55. The van der Waals surface area contributed by atoms with E-state index >= 15 is 0 Å². The zero-order chi connectivity index (χ0) is 15.6. The van der Waals surface area contributed by atoms with Gasteiger partial charge < -0.3 is 5.32 Å². The Balaban J connectivity index is 2.38. The van der Waals surface area contributed by atoms with E-state index in [4.69, 9.17) is 11.6 Å². The third-order valence-corrected chi connectivity index (χ3v) is 5.08. The second-order valence-electron chi connectivity index (χ2n) is 4.23. The average molecular weight is 400 g/mol. The number of thiazole rings is 1. The minimum atomic E-state index is -4.42. The molecule has 2 aromatic rings. The van der Waals surface area contributed by atoms with Crippen molar-refractivity contribution < 1.29 is 13.2 Å². The molecule has 1 unspecified atom stereocenters. The van der Waals surface area contributed by atoms with E-state index < -0.39 is 11.2 Å². The van der Waals surface area contributed by atoms with Gasteiger partial charge in [-0.05, 0) is 40.2 Å². The van der Waals surface area contributed by atoms with Gasteiger partial charge in [-0.25, -0.2) is 4.98 Å². The first-order valence-electron chi connectivity index (χ1n) is 6.04. The number of nitrogens with zero attached hydrogens (tertiary/aromatic N) is 1. The van der Waals surface area contributed by atoms with Crippen molar-refractivity contribution in [2.75, 3.05) is 6.54 Å². The van der Waals surface area contributed by atoms with Crippen molar-refractivity contribution in [2.45, 2.75) is 19.1 Å². The molecule has 0 radical (unpaired) electrons. The van der Waals surface area contributed by atoms with E-state index in [1.54, 1.807) is 12.1 Å². The lowest BCUT2D eigenvalue weighted by molar-refractivity contribution is -0.137. The van der Waals surface area contributed by atoms with Crippen LogP contribution in [0.3, 0.4) is 0 Å². The molecule has 1 heterocycles. The van der Waals surface area contributed by atoms with Crippen LogP contribution in [-0.2, 0) is 6.18 Å². The van der Waals surface area contributed by atoms with Gasteiger partial charge in [0.25, 0.3) is 0 Å². The zero-order valence-corrected chi connectivity index (χ0v) is 14.0. The molecule has 0 aliphatic carbocycles. The molecule has 2 rings (SSSR count). The Bertz CT molecular complexity index is 630. The van der Waals surface area contributed by atoms with Crippen LogP contribution in [0.15, 0.2) is 28.9 Å². The van der Waals surface area contributed by atoms with Crippen LogP contribution in [0.5, 0.6) is 0 Å². The third-order valence-electron chi connectivity index (χ3n) is 2.74. The molecule has 1 N–H and O–H groups in total. The summed E-state index contributed by atoms with van der Waals surface area (Å²) in [6.07, 6.45) is -3.16. The molecule has 0 fully saturated rings. The fourth-order valence-electron chi connectivity index (χ4n) is 1.83. The van der Waals surface area contributed by atoms with Gasteiger partial charge in [-0.3, -0.25) is 0 Å². The number of hydrogen-bond donors (Lipinski definition) is 1. The monoisotopic (exact) mass is 398 g/mol. The van der Waals surface area contributed by atoms with E-state index in [1.165, 1.54) is 6.20 Å². The van der Waals surface area contributed by atoms with Gasteiger partial charge in [-0.15, -0.1) is 11.3 Å². The Labute approximate surface area is 137 Å². The van der Waals surface area contributed by atoms with Crippen LogP contribution >= 0.6 is 38.9 Å². The molecule has 0 saturated heterocycles. The molecule has 1 aromatic carbocycles. The van der Waals surface area contributed by atoms with E-state index in [1.807, 2.05) is 13.0 Å². The first-order valence-corrected chi connectivity index (χ1v) is 8.03. The molecule has 0 bridgehead atoms. The smallest absolute Gasteiger partial charge is 0.306 e. The second kappa shape index (κ2) is 6.64. The molecular weight excluding hydrogens is 389 g/mol. The summed E-state index contributed by atoms with van der Waals surface area (Å²) >= 11 is 9.99. The lowest BCUT2D eigenvalue weighted by Gasteiger charge is -2.17. The molecule has 21 heavy (non-hydrogen) atoms. The normalized spacial score (nSPS) is 13.4. The third kappa shape index (κ3) is 3.97. The minimum absolute atomic E-state index is 0.366. The number of halogens is 5. The summed E-state index contributed by atoms with van der Waals surface area (Å²) in [6, 6.07) is 4.95. The van der Waals surface area contributed by atoms with Crippen LogP contribution in [0.4, 0.5) is 13.2 Å². The number of benzene rings is 1. The van der Waals surface area contributed by atoms with Crippen LogP contribution in [0.25, 0.3) is 0 Å². The maximum atomic E-state index is 12.7. The van der Waals surface area contributed by atoms with Gasteiger partial charge >= 0.3 is 6.18 Å². The van der Waals surface area contributed by atoms with Crippen molar-refractivity contribution in [1.82, 2.24) is 10.3 Å². The molecule has 0 spiro atoms. The number of nitrogens with one attached hydrogen (secondary N) is 1. The highest BCUT2D eigenvalue weighted by molar-refractivity contribution is 9.10. The maximum Gasteiger partial charge on any atom is 0.443 e. The van der Waals surface area contributed by atoms with Crippen LogP contribution in [-0.4, -0.2) is 11.5 Å². The molecule has 1 atom stereocenters. The van der Waals surface area contributed by atoms with Crippen LogP contribution in [0.1, 0.15) is 28.4 Å². The molecule has 8 heteroatoms. The van der Waals surface area contributed by atoms with Crippen LogP contribution < -0.4 is 5.32 Å². The first-order chi connectivity index (χ1) is 9.82. The SMILES string of the molecule is CCNC(c1ccc(Br)c(Cl)c1)c1cnc(C(F)(F)F)s1. The molecule has 114 valence electrons. The van der Waals surface area contributed by atoms with E-state index in [-0.39, 0.29) is 6.04 Å². The van der Waals surface area contributed by atoms with Gasteiger partial charge in [0.15, 0.2) is 5.01 Å². The van der Waals surface area contributed by atoms with Crippen LogP contribution in [0, 0.1) is 0 Å². The Hall–Kier alpha value is -0.630. The molecule has 2 nitrogen and oxygen atoms in total. The quantitative estimate of drug-likeness (QED) is 0.757. The molecule has 1 aromatic heterocycles. The molecule has 0 saturated carbocycles. The lowest BCUT2D eigenvalue weighted by atomic mass is 10.1. The van der Waals surface area contributed by atoms with E-state index in [2.05, 4.69) is 26.2 Å². The topological polar surface area (TPSA) is 24.9 Å². The van der Waals surface area contributed by atoms with Gasteiger partial charge in [0.1, 0.15) is 0 Å². The summed E-state index contributed by atoms with van der Waals surface area (Å²) in [5.41, 5.74) is 0.794. The van der Waals surface area contributed by atoms with Gasteiger partial charge in [-0.1, -0.05) is 24.6 Å². The first kappa shape index (κ1) is 16.7. The van der Waals surface area contributed by atoms with Crippen molar-refractivity contribution >= 4 is 38.9 Å². The van der Waals surface area contributed by atoms with Crippen molar-refractivity contribution in [3.63, 3.8) is 0 Å². The highest BCUT2D eigenvalue weighted by Gasteiger charge is 2.35. The van der Waals surface area contributed by atoms with Crippen molar-refractivity contribution in [1.29, 1.82) is 0 Å². The van der Waals surface area contributed by atoms with Crippen LogP contribution in [0.2, 0.25) is 5.02 Å². The van der Waals surface area contributed by atoms with E-state index in [9.17, 15) is 13.2 Å².